The lowest BCUT2D eigenvalue weighted by molar-refractivity contribution is 0.151. The molecule has 6 heteroatoms. The number of nitrogens with one attached hydrogen (secondary N) is 1. The van der Waals surface area contributed by atoms with Gasteiger partial charge in [-0.2, -0.15) is 0 Å². The number of fused-ring (bicyclic) bond motifs is 1. The minimum atomic E-state index is -2.47. The molecule has 0 aliphatic heterocycles. The van der Waals surface area contributed by atoms with Crippen molar-refractivity contribution in [3.63, 3.8) is 0 Å². The fourth-order valence-corrected chi connectivity index (χ4v) is 2.62. The molecule has 0 saturated heterocycles. The molecule has 0 spiro atoms. The molecule has 1 aliphatic carbocycles. The van der Waals surface area contributed by atoms with Crippen LogP contribution < -0.4 is 11.3 Å². The van der Waals surface area contributed by atoms with E-state index in [1.165, 1.54) is 12.1 Å². The first-order chi connectivity index (χ1) is 10.2. The Morgan fingerprint density at radius 2 is 1.76 bits per heavy atom. The number of rotatable bonds is 3. The summed E-state index contributed by atoms with van der Waals surface area (Å²) in [6.45, 7) is 0. The van der Waals surface area contributed by atoms with Gasteiger partial charge in [-0.25, -0.2) is 24.6 Å². The second-order valence-corrected chi connectivity index (χ2v) is 5.10. The number of aryl methyl sites for hydroxylation is 1. The van der Waals surface area contributed by atoms with E-state index in [2.05, 4.69) is 15.4 Å². The first-order valence-corrected chi connectivity index (χ1v) is 6.94. The highest BCUT2D eigenvalue weighted by Gasteiger charge is 2.18. The zero-order valence-electron chi connectivity index (χ0n) is 11.4. The summed E-state index contributed by atoms with van der Waals surface area (Å²) < 4.78 is 25.2. The van der Waals surface area contributed by atoms with Crippen LogP contribution in [0.4, 0.5) is 14.6 Å². The molecule has 1 aliphatic rings. The van der Waals surface area contributed by atoms with E-state index in [1.54, 1.807) is 12.1 Å². The average molecular weight is 290 g/mol. The number of hydrogen-bond donors (Lipinski definition) is 2. The van der Waals surface area contributed by atoms with Crippen molar-refractivity contribution >= 4 is 5.82 Å². The molecule has 0 fully saturated rings. The van der Waals surface area contributed by atoms with Gasteiger partial charge in [-0.05, 0) is 25.7 Å². The Morgan fingerprint density at radius 3 is 2.43 bits per heavy atom. The minimum Gasteiger partial charge on any atom is -0.308 e. The van der Waals surface area contributed by atoms with Crippen LogP contribution in [0.3, 0.4) is 0 Å². The average Bonchev–Trinajstić information content (AvgIpc) is 2.53. The summed E-state index contributed by atoms with van der Waals surface area (Å²) >= 11 is 0. The standard InChI is InChI=1S/C15H16F2N4/c16-13(17)9-5-7-10(8-6-9)14-19-12-4-2-1-3-11(12)15(20-14)21-18/h5-8,13H,1-4,18H2,(H,19,20,21). The van der Waals surface area contributed by atoms with Gasteiger partial charge < -0.3 is 5.43 Å². The van der Waals surface area contributed by atoms with Gasteiger partial charge >= 0.3 is 0 Å². The normalized spacial score (nSPS) is 14.1. The SMILES string of the molecule is NNc1nc(-c2ccc(C(F)F)cc2)nc2c1CCCC2. The fraction of sp³-hybridized carbons (Fsp3) is 0.333. The van der Waals surface area contributed by atoms with E-state index in [0.29, 0.717) is 17.2 Å². The summed E-state index contributed by atoms with van der Waals surface area (Å²) in [7, 11) is 0. The van der Waals surface area contributed by atoms with Crippen LogP contribution in [-0.4, -0.2) is 9.97 Å². The molecule has 3 rings (SSSR count). The third-order valence-electron chi connectivity index (χ3n) is 3.74. The monoisotopic (exact) mass is 290 g/mol. The fourth-order valence-electron chi connectivity index (χ4n) is 2.62. The van der Waals surface area contributed by atoms with Gasteiger partial charge in [0.1, 0.15) is 5.82 Å². The Hall–Kier alpha value is -2.08. The van der Waals surface area contributed by atoms with Crippen molar-refractivity contribution in [1.82, 2.24) is 9.97 Å². The Bertz CT molecular complexity index is 624. The van der Waals surface area contributed by atoms with E-state index in [4.69, 9.17) is 5.84 Å². The summed E-state index contributed by atoms with van der Waals surface area (Å²) in [5.41, 5.74) is 5.39. The van der Waals surface area contributed by atoms with Crippen molar-refractivity contribution in [3.8, 4) is 11.4 Å². The van der Waals surface area contributed by atoms with Gasteiger partial charge in [0, 0.05) is 22.4 Å². The maximum Gasteiger partial charge on any atom is 0.263 e. The van der Waals surface area contributed by atoms with E-state index >= 15 is 0 Å². The number of anilines is 1. The molecule has 21 heavy (non-hydrogen) atoms. The largest absolute Gasteiger partial charge is 0.308 e. The number of nitrogens with zero attached hydrogens (tertiary/aromatic N) is 2. The zero-order chi connectivity index (χ0) is 14.8. The molecule has 0 atom stereocenters. The van der Waals surface area contributed by atoms with E-state index in [1.807, 2.05) is 0 Å². The van der Waals surface area contributed by atoms with Gasteiger partial charge in [0.15, 0.2) is 5.82 Å². The third-order valence-corrected chi connectivity index (χ3v) is 3.74. The molecule has 1 aromatic carbocycles. The van der Waals surface area contributed by atoms with Crippen LogP contribution in [0.1, 0.15) is 36.1 Å². The summed E-state index contributed by atoms with van der Waals surface area (Å²) in [5.74, 6) is 6.70. The van der Waals surface area contributed by atoms with Gasteiger partial charge in [0.25, 0.3) is 6.43 Å². The molecule has 1 aromatic heterocycles. The molecular formula is C15H16F2N4. The van der Waals surface area contributed by atoms with Crippen LogP contribution in [0.15, 0.2) is 24.3 Å². The molecule has 2 aromatic rings. The molecule has 0 bridgehead atoms. The molecule has 0 radical (unpaired) electrons. The van der Waals surface area contributed by atoms with Gasteiger partial charge in [-0.3, -0.25) is 0 Å². The number of nitrogens with two attached hydrogens (primary N) is 1. The second kappa shape index (κ2) is 5.73. The van der Waals surface area contributed by atoms with E-state index in [-0.39, 0.29) is 5.56 Å². The van der Waals surface area contributed by atoms with Crippen LogP contribution in [-0.2, 0) is 12.8 Å². The molecule has 3 N–H and O–H groups in total. The first-order valence-electron chi connectivity index (χ1n) is 6.94. The Balaban J connectivity index is 2.02. The van der Waals surface area contributed by atoms with Crippen LogP contribution in [0.2, 0.25) is 0 Å². The molecule has 0 saturated carbocycles. The predicted molar refractivity (Wildman–Crippen MR) is 76.9 cm³/mol. The minimum absolute atomic E-state index is 0.00566. The van der Waals surface area contributed by atoms with Crippen LogP contribution in [0.5, 0.6) is 0 Å². The first kappa shape index (κ1) is 13.9. The highest BCUT2D eigenvalue weighted by molar-refractivity contribution is 5.60. The lowest BCUT2D eigenvalue weighted by Gasteiger charge is -2.18. The Morgan fingerprint density at radius 1 is 1.05 bits per heavy atom. The van der Waals surface area contributed by atoms with Crippen molar-refractivity contribution in [2.75, 3.05) is 5.43 Å². The highest BCUT2D eigenvalue weighted by Crippen LogP contribution is 2.28. The lowest BCUT2D eigenvalue weighted by atomic mass is 9.96. The van der Waals surface area contributed by atoms with Gasteiger partial charge in [0.05, 0.1) is 0 Å². The molecule has 0 amide bonds. The van der Waals surface area contributed by atoms with E-state index < -0.39 is 6.43 Å². The second-order valence-electron chi connectivity index (χ2n) is 5.10. The number of aromatic nitrogens is 2. The highest BCUT2D eigenvalue weighted by atomic mass is 19.3. The summed E-state index contributed by atoms with van der Waals surface area (Å²) in [5, 5.41) is 0. The quantitative estimate of drug-likeness (QED) is 0.673. The number of benzene rings is 1. The topological polar surface area (TPSA) is 63.8 Å². The van der Waals surface area contributed by atoms with Crippen molar-refractivity contribution in [2.24, 2.45) is 5.84 Å². The molecule has 0 unspecified atom stereocenters. The Labute approximate surface area is 121 Å². The molecular weight excluding hydrogens is 274 g/mol. The zero-order valence-corrected chi connectivity index (χ0v) is 11.4. The van der Waals surface area contributed by atoms with Crippen molar-refractivity contribution in [3.05, 3.63) is 41.1 Å². The van der Waals surface area contributed by atoms with Crippen molar-refractivity contribution in [1.29, 1.82) is 0 Å². The smallest absolute Gasteiger partial charge is 0.263 e. The third kappa shape index (κ3) is 2.71. The van der Waals surface area contributed by atoms with E-state index in [0.717, 1.165) is 36.9 Å². The summed E-state index contributed by atoms with van der Waals surface area (Å²) in [6, 6.07) is 6.04. The Kier molecular flexibility index (Phi) is 3.79. The summed E-state index contributed by atoms with van der Waals surface area (Å²) in [4.78, 5) is 8.99. The maximum atomic E-state index is 12.6. The van der Waals surface area contributed by atoms with E-state index in [9.17, 15) is 8.78 Å². The predicted octanol–water partition coefficient (Wildman–Crippen LogP) is 3.25. The van der Waals surface area contributed by atoms with Crippen molar-refractivity contribution < 1.29 is 8.78 Å². The lowest BCUT2D eigenvalue weighted by Crippen LogP contribution is -2.17. The van der Waals surface area contributed by atoms with Crippen molar-refractivity contribution in [2.45, 2.75) is 32.1 Å². The molecule has 110 valence electrons. The van der Waals surface area contributed by atoms with Crippen LogP contribution >= 0.6 is 0 Å². The molecule has 1 heterocycles. The van der Waals surface area contributed by atoms with Crippen LogP contribution in [0.25, 0.3) is 11.4 Å². The van der Waals surface area contributed by atoms with Gasteiger partial charge in [-0.15, -0.1) is 0 Å². The number of hydrazine groups is 1. The van der Waals surface area contributed by atoms with Gasteiger partial charge in [-0.1, -0.05) is 24.3 Å². The van der Waals surface area contributed by atoms with Gasteiger partial charge in [0.2, 0.25) is 0 Å². The number of halogens is 2. The number of nitrogen functional groups attached to an aromatic ring is 1. The number of alkyl halides is 2. The van der Waals surface area contributed by atoms with Crippen LogP contribution in [0, 0.1) is 0 Å². The maximum absolute atomic E-state index is 12.6. The summed E-state index contributed by atoms with van der Waals surface area (Å²) in [6.07, 6.45) is 1.55. The molecule has 4 nitrogen and oxygen atoms in total. The number of hydrogen-bond acceptors (Lipinski definition) is 4.